The zero-order valence-electron chi connectivity index (χ0n) is 13.5. The first kappa shape index (κ1) is 19.1. The number of carbonyl (C=O) groups is 1. The number of amides is 1. The van der Waals surface area contributed by atoms with E-state index < -0.39 is 22.7 Å². The molecule has 1 saturated heterocycles. The predicted octanol–water partition coefficient (Wildman–Crippen LogP) is 3.90. The van der Waals surface area contributed by atoms with Crippen LogP contribution in [0.4, 0.5) is 18.9 Å². The minimum atomic E-state index is -4.59. The van der Waals surface area contributed by atoms with Gasteiger partial charge in [0.15, 0.2) is 0 Å². The molecule has 0 radical (unpaired) electrons. The fourth-order valence-electron chi connectivity index (χ4n) is 2.45. The molecule has 1 aromatic carbocycles. The summed E-state index contributed by atoms with van der Waals surface area (Å²) >= 11 is 6.91. The molecule has 5 nitrogen and oxygen atoms in total. The van der Waals surface area contributed by atoms with E-state index in [4.69, 9.17) is 16.3 Å². The van der Waals surface area contributed by atoms with Gasteiger partial charge in [0.05, 0.1) is 30.3 Å². The highest BCUT2D eigenvalue weighted by Gasteiger charge is 2.33. The van der Waals surface area contributed by atoms with Gasteiger partial charge in [-0.05, 0) is 18.2 Å². The minimum Gasteiger partial charge on any atom is -0.379 e. The molecule has 140 valence electrons. The van der Waals surface area contributed by atoms with Crippen LogP contribution in [0.25, 0.3) is 0 Å². The van der Waals surface area contributed by atoms with Crippen LogP contribution >= 0.6 is 22.9 Å². The quantitative estimate of drug-likeness (QED) is 0.838. The van der Waals surface area contributed by atoms with E-state index in [0.717, 1.165) is 30.2 Å². The maximum atomic E-state index is 12.9. The summed E-state index contributed by atoms with van der Waals surface area (Å²) in [4.78, 5) is 18.7. The Morgan fingerprint density at radius 3 is 2.77 bits per heavy atom. The third-order valence-electron chi connectivity index (χ3n) is 3.78. The van der Waals surface area contributed by atoms with Crippen LogP contribution in [0.3, 0.4) is 0 Å². The van der Waals surface area contributed by atoms with Gasteiger partial charge in [0.1, 0.15) is 10.7 Å². The topological polar surface area (TPSA) is 54.5 Å². The molecule has 1 aliphatic heterocycles. The predicted molar refractivity (Wildman–Crippen MR) is 92.6 cm³/mol. The number of nitrogens with one attached hydrogen (secondary N) is 1. The summed E-state index contributed by atoms with van der Waals surface area (Å²) in [6.45, 7) is 3.53. The van der Waals surface area contributed by atoms with E-state index in [1.54, 1.807) is 5.38 Å². The van der Waals surface area contributed by atoms with E-state index in [-0.39, 0.29) is 11.4 Å². The van der Waals surface area contributed by atoms with Crippen molar-refractivity contribution in [3.63, 3.8) is 0 Å². The summed E-state index contributed by atoms with van der Waals surface area (Å²) in [6, 6.07) is 3.22. The van der Waals surface area contributed by atoms with Crippen molar-refractivity contribution in [2.45, 2.75) is 12.7 Å². The van der Waals surface area contributed by atoms with E-state index in [1.165, 1.54) is 17.4 Å². The van der Waals surface area contributed by atoms with Crippen molar-refractivity contribution in [2.75, 3.05) is 31.6 Å². The maximum absolute atomic E-state index is 12.9. The molecule has 10 heteroatoms. The van der Waals surface area contributed by atoms with Gasteiger partial charge in [0.25, 0.3) is 5.91 Å². The molecule has 2 heterocycles. The highest BCUT2D eigenvalue weighted by atomic mass is 35.5. The smallest absolute Gasteiger partial charge is 0.379 e. The van der Waals surface area contributed by atoms with Gasteiger partial charge in [-0.25, -0.2) is 4.98 Å². The molecule has 2 aromatic rings. The van der Waals surface area contributed by atoms with Crippen LogP contribution in [-0.2, 0) is 17.5 Å². The van der Waals surface area contributed by atoms with E-state index in [9.17, 15) is 18.0 Å². The number of halogens is 4. The zero-order valence-corrected chi connectivity index (χ0v) is 15.0. The number of thiazole rings is 1. The molecular weight excluding hydrogens is 391 g/mol. The average molecular weight is 406 g/mol. The number of anilines is 1. The molecule has 26 heavy (non-hydrogen) atoms. The third-order valence-corrected chi connectivity index (χ3v) is 4.94. The molecule has 1 N–H and O–H groups in total. The Labute approximate surface area is 156 Å². The minimum absolute atomic E-state index is 0.00875. The van der Waals surface area contributed by atoms with Crippen LogP contribution in [0.5, 0.6) is 0 Å². The molecular formula is C16H15ClF3N3O2S. The van der Waals surface area contributed by atoms with Crippen molar-refractivity contribution in [1.82, 2.24) is 9.88 Å². The highest BCUT2D eigenvalue weighted by Crippen LogP contribution is 2.36. The normalized spacial score (nSPS) is 15.8. The van der Waals surface area contributed by atoms with E-state index in [2.05, 4.69) is 15.2 Å². The Balaban J connectivity index is 1.67. The summed E-state index contributed by atoms with van der Waals surface area (Å²) in [5, 5.41) is 4.37. The summed E-state index contributed by atoms with van der Waals surface area (Å²) in [5.41, 5.74) is -0.820. The van der Waals surface area contributed by atoms with Crippen LogP contribution < -0.4 is 5.32 Å². The Kier molecular flexibility index (Phi) is 5.81. The summed E-state index contributed by atoms with van der Waals surface area (Å²) < 4.78 is 44.0. The fourth-order valence-corrected chi connectivity index (χ4v) is 3.49. The van der Waals surface area contributed by atoms with Crippen molar-refractivity contribution in [3.8, 4) is 0 Å². The largest absolute Gasteiger partial charge is 0.417 e. The summed E-state index contributed by atoms with van der Waals surface area (Å²) in [7, 11) is 0. The standard InChI is InChI=1S/C16H15ClF3N3O2S/c17-12-2-1-10(7-11(12)16(18,19)20)21-15(24)13-9-26-14(22-13)8-23-3-5-25-6-4-23/h1-2,7,9H,3-6,8H2,(H,21,24). The number of rotatable bonds is 4. The Morgan fingerprint density at radius 1 is 1.35 bits per heavy atom. The Morgan fingerprint density at radius 2 is 2.08 bits per heavy atom. The van der Waals surface area contributed by atoms with Crippen LogP contribution in [0.15, 0.2) is 23.6 Å². The van der Waals surface area contributed by atoms with Crippen LogP contribution in [0.1, 0.15) is 21.1 Å². The average Bonchev–Trinajstić information content (AvgIpc) is 3.05. The number of hydrogen-bond donors (Lipinski definition) is 1. The SMILES string of the molecule is O=C(Nc1ccc(Cl)c(C(F)(F)F)c1)c1csc(CN2CCOCC2)n1. The Hall–Kier alpha value is -1.68. The fraction of sp³-hybridized carbons (Fsp3) is 0.375. The third kappa shape index (κ3) is 4.73. The molecule has 3 rings (SSSR count). The number of nitrogens with zero attached hydrogens (tertiary/aromatic N) is 2. The lowest BCUT2D eigenvalue weighted by atomic mass is 10.2. The summed E-state index contributed by atoms with van der Waals surface area (Å²) in [5.74, 6) is -0.565. The van der Waals surface area contributed by atoms with Crippen LogP contribution in [0, 0.1) is 0 Å². The lowest BCUT2D eigenvalue weighted by Gasteiger charge is -2.25. The zero-order chi connectivity index (χ0) is 18.7. The first-order valence-electron chi connectivity index (χ1n) is 7.75. The van der Waals surface area contributed by atoms with Crippen molar-refractivity contribution in [3.05, 3.63) is 44.9 Å². The lowest BCUT2D eigenvalue weighted by molar-refractivity contribution is -0.137. The second-order valence-corrected chi connectivity index (χ2v) is 7.01. The van der Waals surface area contributed by atoms with Gasteiger partial charge < -0.3 is 10.1 Å². The Bertz CT molecular complexity index is 791. The number of carbonyl (C=O) groups excluding carboxylic acids is 1. The van der Waals surface area contributed by atoms with Gasteiger partial charge in [-0.3, -0.25) is 9.69 Å². The number of hydrogen-bond acceptors (Lipinski definition) is 5. The van der Waals surface area contributed by atoms with Crippen molar-refractivity contribution >= 4 is 34.5 Å². The van der Waals surface area contributed by atoms with Crippen LogP contribution in [-0.4, -0.2) is 42.1 Å². The maximum Gasteiger partial charge on any atom is 0.417 e. The van der Waals surface area contributed by atoms with Crippen molar-refractivity contribution in [1.29, 1.82) is 0 Å². The number of alkyl halides is 3. The number of ether oxygens (including phenoxy) is 1. The van der Waals surface area contributed by atoms with Gasteiger partial charge in [-0.2, -0.15) is 13.2 Å². The van der Waals surface area contributed by atoms with Gasteiger partial charge in [0.2, 0.25) is 0 Å². The number of morpholine rings is 1. The second-order valence-electron chi connectivity index (χ2n) is 5.66. The number of benzene rings is 1. The molecule has 1 aromatic heterocycles. The molecule has 0 aliphatic carbocycles. The molecule has 1 aliphatic rings. The first-order valence-corrected chi connectivity index (χ1v) is 9.01. The molecule has 0 atom stereocenters. The number of aromatic nitrogens is 1. The van der Waals surface area contributed by atoms with Crippen molar-refractivity contribution < 1.29 is 22.7 Å². The first-order chi connectivity index (χ1) is 12.3. The molecule has 0 bridgehead atoms. The molecule has 1 fully saturated rings. The monoisotopic (exact) mass is 405 g/mol. The molecule has 1 amide bonds. The van der Waals surface area contributed by atoms with E-state index >= 15 is 0 Å². The van der Waals surface area contributed by atoms with Crippen LogP contribution in [0.2, 0.25) is 5.02 Å². The molecule has 0 spiro atoms. The summed E-state index contributed by atoms with van der Waals surface area (Å²) in [6.07, 6.45) is -4.59. The second kappa shape index (κ2) is 7.91. The van der Waals surface area contributed by atoms with Gasteiger partial charge in [-0.15, -0.1) is 11.3 Å². The molecule has 0 saturated carbocycles. The highest BCUT2D eigenvalue weighted by molar-refractivity contribution is 7.09. The van der Waals surface area contributed by atoms with Gasteiger partial charge >= 0.3 is 6.18 Å². The molecule has 0 unspecified atom stereocenters. The van der Waals surface area contributed by atoms with Gasteiger partial charge in [-0.1, -0.05) is 11.6 Å². The lowest BCUT2D eigenvalue weighted by Crippen LogP contribution is -2.35. The van der Waals surface area contributed by atoms with Crippen molar-refractivity contribution in [2.24, 2.45) is 0 Å². The van der Waals surface area contributed by atoms with E-state index in [1.807, 2.05) is 0 Å². The van der Waals surface area contributed by atoms with Gasteiger partial charge in [0, 0.05) is 24.2 Å². The van der Waals surface area contributed by atoms with E-state index in [0.29, 0.717) is 19.8 Å².